The third-order valence-electron chi connectivity index (χ3n) is 2.41. The van der Waals surface area contributed by atoms with Crippen LogP contribution in [-0.4, -0.2) is 24.1 Å². The summed E-state index contributed by atoms with van der Waals surface area (Å²) in [7, 11) is 1.26. The minimum atomic E-state index is -0.550. The zero-order chi connectivity index (χ0) is 13.8. The molecule has 1 amide bonds. The lowest BCUT2D eigenvalue weighted by molar-refractivity contribution is 0.0600. The predicted octanol–water partition coefficient (Wildman–Crippen LogP) is 2.49. The van der Waals surface area contributed by atoms with E-state index >= 15 is 0 Å². The van der Waals surface area contributed by atoms with Gasteiger partial charge in [0.15, 0.2) is 0 Å². The minimum absolute atomic E-state index is 0.187. The molecule has 0 spiro atoms. The number of carbonyl (C=O) groups excluding carboxylic acids is 2. The van der Waals surface area contributed by atoms with Crippen molar-refractivity contribution < 1.29 is 19.4 Å². The number of anilines is 1. The molecule has 0 saturated carbocycles. The van der Waals surface area contributed by atoms with Gasteiger partial charge in [0.25, 0.3) is 5.91 Å². The minimum Gasteiger partial charge on any atom is -0.506 e. The van der Waals surface area contributed by atoms with Crippen molar-refractivity contribution in [3.63, 3.8) is 0 Å². The van der Waals surface area contributed by atoms with Crippen LogP contribution in [-0.2, 0) is 4.74 Å². The zero-order valence-corrected chi connectivity index (χ0v) is 10.9. The highest BCUT2D eigenvalue weighted by Crippen LogP contribution is 2.25. The molecule has 19 heavy (non-hydrogen) atoms. The van der Waals surface area contributed by atoms with E-state index in [1.54, 1.807) is 17.5 Å². The van der Waals surface area contributed by atoms with Crippen molar-refractivity contribution in [1.29, 1.82) is 0 Å². The number of amides is 1. The number of phenolic OH excluding ortho intramolecular Hbond substituents is 1. The van der Waals surface area contributed by atoms with Gasteiger partial charge in [-0.05, 0) is 29.6 Å². The Labute approximate surface area is 113 Å². The maximum absolute atomic E-state index is 11.8. The SMILES string of the molecule is COC(=O)c1ccc(NC(=O)c2cccs2)c(O)c1. The molecule has 0 aliphatic rings. The fourth-order valence-electron chi connectivity index (χ4n) is 1.47. The summed E-state index contributed by atoms with van der Waals surface area (Å²) in [6.07, 6.45) is 0. The number of nitrogens with one attached hydrogen (secondary N) is 1. The molecule has 0 radical (unpaired) electrons. The number of hydrogen-bond acceptors (Lipinski definition) is 5. The van der Waals surface area contributed by atoms with E-state index in [9.17, 15) is 14.7 Å². The van der Waals surface area contributed by atoms with Crippen molar-refractivity contribution in [3.8, 4) is 5.75 Å². The van der Waals surface area contributed by atoms with Crippen LogP contribution in [0.15, 0.2) is 35.7 Å². The molecule has 1 aromatic carbocycles. The molecule has 1 heterocycles. The number of benzene rings is 1. The molecule has 5 nitrogen and oxygen atoms in total. The van der Waals surface area contributed by atoms with Gasteiger partial charge in [0.05, 0.1) is 23.2 Å². The summed E-state index contributed by atoms with van der Waals surface area (Å²) in [6.45, 7) is 0. The third kappa shape index (κ3) is 2.92. The second kappa shape index (κ2) is 5.53. The molecule has 0 bridgehead atoms. The first-order valence-electron chi connectivity index (χ1n) is 5.38. The number of hydrogen-bond donors (Lipinski definition) is 2. The van der Waals surface area contributed by atoms with Crippen molar-refractivity contribution in [3.05, 3.63) is 46.2 Å². The van der Waals surface area contributed by atoms with Crippen LogP contribution in [0.25, 0.3) is 0 Å². The van der Waals surface area contributed by atoms with Crippen LogP contribution >= 0.6 is 11.3 Å². The molecule has 0 atom stereocenters. The van der Waals surface area contributed by atoms with Gasteiger partial charge in [-0.2, -0.15) is 0 Å². The first-order valence-corrected chi connectivity index (χ1v) is 6.26. The summed E-state index contributed by atoms with van der Waals surface area (Å²) >= 11 is 1.30. The van der Waals surface area contributed by atoms with Crippen LogP contribution < -0.4 is 5.32 Å². The van der Waals surface area contributed by atoms with Crippen molar-refractivity contribution >= 4 is 28.9 Å². The number of carbonyl (C=O) groups is 2. The first kappa shape index (κ1) is 13.1. The lowest BCUT2D eigenvalue weighted by Gasteiger charge is -2.07. The number of methoxy groups -OCH3 is 1. The Morgan fingerprint density at radius 2 is 2.11 bits per heavy atom. The molecule has 0 unspecified atom stereocenters. The van der Waals surface area contributed by atoms with Crippen molar-refractivity contribution in [2.75, 3.05) is 12.4 Å². The Bertz CT molecular complexity index is 607. The summed E-state index contributed by atoms with van der Waals surface area (Å²) in [6, 6.07) is 7.61. The summed E-state index contributed by atoms with van der Waals surface area (Å²) in [5, 5.41) is 14.1. The summed E-state index contributed by atoms with van der Waals surface area (Å²) in [5.41, 5.74) is 0.458. The normalized spacial score (nSPS) is 9.95. The monoisotopic (exact) mass is 277 g/mol. The van der Waals surface area contributed by atoms with Crippen LogP contribution in [0, 0.1) is 0 Å². The predicted molar refractivity (Wildman–Crippen MR) is 71.7 cm³/mol. The van der Waals surface area contributed by atoms with E-state index in [1.807, 2.05) is 0 Å². The number of thiophene rings is 1. The largest absolute Gasteiger partial charge is 0.506 e. The Kier molecular flexibility index (Phi) is 3.82. The summed E-state index contributed by atoms with van der Waals surface area (Å²) in [4.78, 5) is 23.6. The van der Waals surface area contributed by atoms with Gasteiger partial charge < -0.3 is 15.2 Å². The lowest BCUT2D eigenvalue weighted by Crippen LogP contribution is -2.10. The van der Waals surface area contributed by atoms with Gasteiger partial charge in [-0.3, -0.25) is 4.79 Å². The molecule has 6 heteroatoms. The number of esters is 1. The standard InChI is InChI=1S/C13H11NO4S/c1-18-13(17)8-4-5-9(10(15)7-8)14-12(16)11-3-2-6-19-11/h2-7,15H,1H3,(H,14,16). The number of phenols is 1. The first-order chi connectivity index (χ1) is 9.11. The molecular formula is C13H11NO4S. The average molecular weight is 277 g/mol. The fourth-order valence-corrected chi connectivity index (χ4v) is 2.09. The highest BCUT2D eigenvalue weighted by atomic mass is 32.1. The van der Waals surface area contributed by atoms with E-state index in [1.165, 1.54) is 36.6 Å². The Morgan fingerprint density at radius 1 is 1.32 bits per heavy atom. The average Bonchev–Trinajstić information content (AvgIpc) is 2.94. The van der Waals surface area contributed by atoms with E-state index in [2.05, 4.69) is 10.1 Å². The van der Waals surface area contributed by atoms with Gasteiger partial charge in [-0.15, -0.1) is 11.3 Å². The molecule has 98 valence electrons. The third-order valence-corrected chi connectivity index (χ3v) is 3.28. The van der Waals surface area contributed by atoms with Gasteiger partial charge in [-0.1, -0.05) is 6.07 Å². The Morgan fingerprint density at radius 3 is 2.68 bits per heavy atom. The highest BCUT2D eigenvalue weighted by Gasteiger charge is 2.12. The molecule has 0 saturated heterocycles. The van der Waals surface area contributed by atoms with Gasteiger partial charge >= 0.3 is 5.97 Å². The fraction of sp³-hybridized carbons (Fsp3) is 0.0769. The van der Waals surface area contributed by atoms with Crippen LogP contribution in [0.5, 0.6) is 5.75 Å². The number of rotatable bonds is 3. The van der Waals surface area contributed by atoms with E-state index in [0.29, 0.717) is 4.88 Å². The van der Waals surface area contributed by atoms with Crippen molar-refractivity contribution in [1.82, 2.24) is 0 Å². The van der Waals surface area contributed by atoms with Crippen LogP contribution in [0.1, 0.15) is 20.0 Å². The summed E-state index contributed by atoms with van der Waals surface area (Å²) < 4.78 is 4.54. The molecule has 2 rings (SSSR count). The van der Waals surface area contributed by atoms with E-state index in [-0.39, 0.29) is 22.9 Å². The topological polar surface area (TPSA) is 75.6 Å². The second-order valence-corrected chi connectivity index (χ2v) is 4.60. The van der Waals surface area contributed by atoms with Gasteiger partial charge in [0, 0.05) is 0 Å². The van der Waals surface area contributed by atoms with Crippen LogP contribution in [0.4, 0.5) is 5.69 Å². The molecule has 0 fully saturated rings. The van der Waals surface area contributed by atoms with Gasteiger partial charge in [-0.25, -0.2) is 4.79 Å². The van der Waals surface area contributed by atoms with E-state index < -0.39 is 5.97 Å². The van der Waals surface area contributed by atoms with Crippen molar-refractivity contribution in [2.24, 2.45) is 0 Å². The van der Waals surface area contributed by atoms with Crippen LogP contribution in [0.2, 0.25) is 0 Å². The molecular weight excluding hydrogens is 266 g/mol. The smallest absolute Gasteiger partial charge is 0.337 e. The molecule has 2 aromatic rings. The lowest BCUT2D eigenvalue weighted by atomic mass is 10.2. The van der Waals surface area contributed by atoms with Crippen molar-refractivity contribution in [2.45, 2.75) is 0 Å². The number of ether oxygens (including phenoxy) is 1. The maximum Gasteiger partial charge on any atom is 0.337 e. The Balaban J connectivity index is 2.18. The van der Waals surface area contributed by atoms with Crippen LogP contribution in [0.3, 0.4) is 0 Å². The van der Waals surface area contributed by atoms with Gasteiger partial charge in [0.1, 0.15) is 5.75 Å². The molecule has 1 aromatic heterocycles. The maximum atomic E-state index is 11.8. The molecule has 0 aliphatic heterocycles. The molecule has 0 aliphatic carbocycles. The van der Waals surface area contributed by atoms with E-state index in [4.69, 9.17) is 0 Å². The Hall–Kier alpha value is -2.34. The molecule has 2 N–H and O–H groups in total. The second-order valence-electron chi connectivity index (χ2n) is 3.65. The number of aromatic hydroxyl groups is 1. The quantitative estimate of drug-likeness (QED) is 0.667. The zero-order valence-electron chi connectivity index (χ0n) is 10.0. The highest BCUT2D eigenvalue weighted by molar-refractivity contribution is 7.12. The van der Waals surface area contributed by atoms with E-state index in [0.717, 1.165) is 0 Å². The van der Waals surface area contributed by atoms with Gasteiger partial charge in [0.2, 0.25) is 0 Å². The summed E-state index contributed by atoms with van der Waals surface area (Å²) in [5.74, 6) is -1.05.